The quantitative estimate of drug-likeness (QED) is 0.450. The van der Waals surface area contributed by atoms with Crippen molar-refractivity contribution in [2.24, 2.45) is 5.92 Å². The molecule has 2 atom stereocenters. The van der Waals surface area contributed by atoms with Crippen LogP contribution in [0, 0.1) is 5.92 Å². The van der Waals surface area contributed by atoms with Gasteiger partial charge in [-0.2, -0.15) is 5.10 Å². The number of halogens is 2. The lowest BCUT2D eigenvalue weighted by molar-refractivity contribution is 0.0107. The van der Waals surface area contributed by atoms with Gasteiger partial charge in [0.25, 0.3) is 0 Å². The molecule has 196 valence electrons. The van der Waals surface area contributed by atoms with Gasteiger partial charge in [0.05, 0.1) is 24.5 Å². The number of aliphatic hydroxyl groups is 1. The van der Waals surface area contributed by atoms with E-state index in [2.05, 4.69) is 46.3 Å². The molecular formula is C27H41Cl2N3O3. The van der Waals surface area contributed by atoms with Crippen LogP contribution >= 0.6 is 24.8 Å². The first-order chi connectivity index (χ1) is 16.1. The fourth-order valence-corrected chi connectivity index (χ4v) is 4.86. The lowest BCUT2D eigenvalue weighted by Crippen LogP contribution is -2.43. The van der Waals surface area contributed by atoms with E-state index >= 15 is 0 Å². The zero-order valence-electron chi connectivity index (χ0n) is 21.0. The molecule has 1 aromatic carbocycles. The van der Waals surface area contributed by atoms with Crippen molar-refractivity contribution in [1.29, 1.82) is 0 Å². The summed E-state index contributed by atoms with van der Waals surface area (Å²) in [6, 6.07) is 10.4. The van der Waals surface area contributed by atoms with E-state index in [0.29, 0.717) is 25.1 Å². The third-order valence-corrected chi connectivity index (χ3v) is 7.01. The van der Waals surface area contributed by atoms with E-state index in [0.717, 1.165) is 67.6 Å². The van der Waals surface area contributed by atoms with Crippen molar-refractivity contribution >= 4 is 24.8 Å². The number of hydrogen-bond acceptors (Lipinski definition) is 6. The van der Waals surface area contributed by atoms with Crippen molar-refractivity contribution in [1.82, 2.24) is 15.1 Å². The van der Waals surface area contributed by atoms with Crippen molar-refractivity contribution in [2.45, 2.75) is 76.9 Å². The van der Waals surface area contributed by atoms with Gasteiger partial charge in [-0.1, -0.05) is 31.9 Å². The largest absolute Gasteiger partial charge is 0.490 e. The average Bonchev–Trinajstić information content (AvgIpc) is 2.84. The maximum absolute atomic E-state index is 10.4. The van der Waals surface area contributed by atoms with Crippen LogP contribution in [-0.2, 0) is 6.42 Å². The third kappa shape index (κ3) is 8.49. The van der Waals surface area contributed by atoms with Gasteiger partial charge in [-0.25, -0.2) is 0 Å². The summed E-state index contributed by atoms with van der Waals surface area (Å²) in [4.78, 5) is 2.16. The highest BCUT2D eigenvalue weighted by molar-refractivity contribution is 5.85. The smallest absolute Gasteiger partial charge is 0.234 e. The van der Waals surface area contributed by atoms with Crippen LogP contribution in [-0.4, -0.2) is 59.2 Å². The van der Waals surface area contributed by atoms with Crippen LogP contribution in [0.3, 0.4) is 0 Å². The SMILES string of the molecule is CCCCc1nnc(OC[C@@H]2CCN(C)C[C@@H]2O)cc1-c1ccc(OC2CCCCC2)cc1.Cl.Cl. The zero-order valence-corrected chi connectivity index (χ0v) is 22.7. The van der Waals surface area contributed by atoms with E-state index in [1.165, 1.54) is 19.3 Å². The standard InChI is InChI=1S/C27H39N3O3.2ClH/c1-3-4-10-25-24(20-11-13-23(14-12-20)33-22-8-6-5-7-9-22)17-27(29-28-25)32-19-21-15-16-30(2)18-26(21)31;;/h11-14,17,21-22,26,31H,3-10,15-16,18-19H2,1-2H3;2*1H/t21-,26-;;/m0../s1. The first kappa shape index (κ1) is 29.6. The molecule has 1 aliphatic heterocycles. The summed E-state index contributed by atoms with van der Waals surface area (Å²) in [5, 5.41) is 19.2. The number of unbranched alkanes of at least 4 members (excludes halogenated alkanes) is 1. The molecule has 4 rings (SSSR count). The van der Waals surface area contributed by atoms with Crippen LogP contribution in [0.4, 0.5) is 0 Å². The summed E-state index contributed by atoms with van der Waals surface area (Å²) in [5.74, 6) is 1.59. The number of rotatable bonds is 9. The summed E-state index contributed by atoms with van der Waals surface area (Å²) in [5.41, 5.74) is 3.18. The van der Waals surface area contributed by atoms with Gasteiger partial charge in [-0.3, -0.25) is 0 Å². The van der Waals surface area contributed by atoms with Crippen LogP contribution < -0.4 is 9.47 Å². The van der Waals surface area contributed by atoms with Gasteiger partial charge in [0.1, 0.15) is 5.75 Å². The Morgan fingerprint density at radius 3 is 2.46 bits per heavy atom. The first-order valence-electron chi connectivity index (χ1n) is 12.8. The van der Waals surface area contributed by atoms with Gasteiger partial charge < -0.3 is 19.5 Å². The van der Waals surface area contributed by atoms with Gasteiger partial charge in [0.2, 0.25) is 5.88 Å². The summed E-state index contributed by atoms with van der Waals surface area (Å²) in [7, 11) is 2.04. The minimum absolute atomic E-state index is 0. The van der Waals surface area contributed by atoms with E-state index in [9.17, 15) is 5.11 Å². The van der Waals surface area contributed by atoms with Gasteiger partial charge in [-0.05, 0) is 76.2 Å². The molecule has 0 radical (unpaired) electrons. The van der Waals surface area contributed by atoms with Gasteiger partial charge in [-0.15, -0.1) is 29.9 Å². The first-order valence-corrected chi connectivity index (χ1v) is 12.8. The highest BCUT2D eigenvalue weighted by Crippen LogP contribution is 2.30. The second-order valence-corrected chi connectivity index (χ2v) is 9.74. The third-order valence-electron chi connectivity index (χ3n) is 7.01. The van der Waals surface area contributed by atoms with E-state index in [-0.39, 0.29) is 36.8 Å². The molecule has 35 heavy (non-hydrogen) atoms. The zero-order chi connectivity index (χ0) is 23.0. The monoisotopic (exact) mass is 525 g/mol. The molecule has 2 aromatic rings. The Labute approximate surface area is 222 Å². The Balaban J connectivity index is 0.00000216. The topological polar surface area (TPSA) is 67.7 Å². The summed E-state index contributed by atoms with van der Waals surface area (Å²) in [6.45, 7) is 4.32. The van der Waals surface area contributed by atoms with Crippen molar-refractivity contribution in [3.05, 3.63) is 36.0 Å². The van der Waals surface area contributed by atoms with Crippen LogP contribution in [0.1, 0.15) is 64.0 Å². The number of aromatic nitrogens is 2. The number of likely N-dealkylation sites (tertiary alicyclic amines) is 1. The normalized spacial score (nSPS) is 21.0. The molecule has 8 heteroatoms. The van der Waals surface area contributed by atoms with Crippen molar-refractivity contribution < 1.29 is 14.6 Å². The van der Waals surface area contributed by atoms with Gasteiger partial charge in [0.15, 0.2) is 0 Å². The van der Waals surface area contributed by atoms with Crippen LogP contribution in [0.5, 0.6) is 11.6 Å². The van der Waals surface area contributed by atoms with E-state index in [4.69, 9.17) is 9.47 Å². The second-order valence-electron chi connectivity index (χ2n) is 9.74. The molecule has 2 fully saturated rings. The maximum atomic E-state index is 10.4. The van der Waals surface area contributed by atoms with Crippen LogP contribution in [0.25, 0.3) is 11.1 Å². The van der Waals surface area contributed by atoms with Crippen LogP contribution in [0.2, 0.25) is 0 Å². The number of ether oxygens (including phenoxy) is 2. The van der Waals surface area contributed by atoms with Crippen molar-refractivity contribution in [3.8, 4) is 22.8 Å². The number of aryl methyl sites for hydroxylation is 1. The lowest BCUT2D eigenvalue weighted by atomic mass is 9.95. The van der Waals surface area contributed by atoms with E-state index in [1.807, 2.05) is 13.1 Å². The summed E-state index contributed by atoms with van der Waals surface area (Å²) in [6.07, 6.45) is 10.2. The minimum atomic E-state index is -0.364. The number of piperidine rings is 1. The Kier molecular flexibility index (Phi) is 12.6. The predicted molar refractivity (Wildman–Crippen MR) is 145 cm³/mol. The highest BCUT2D eigenvalue weighted by Gasteiger charge is 2.26. The Morgan fingerprint density at radius 2 is 1.77 bits per heavy atom. The number of hydrogen-bond donors (Lipinski definition) is 1. The molecule has 6 nitrogen and oxygen atoms in total. The van der Waals surface area contributed by atoms with E-state index in [1.54, 1.807) is 0 Å². The minimum Gasteiger partial charge on any atom is -0.490 e. The lowest BCUT2D eigenvalue weighted by Gasteiger charge is -2.33. The molecule has 1 aliphatic carbocycles. The summed E-state index contributed by atoms with van der Waals surface area (Å²) >= 11 is 0. The molecule has 0 unspecified atom stereocenters. The number of nitrogens with zero attached hydrogens (tertiary/aromatic N) is 3. The Morgan fingerprint density at radius 1 is 1.03 bits per heavy atom. The van der Waals surface area contributed by atoms with Crippen LogP contribution in [0.15, 0.2) is 30.3 Å². The van der Waals surface area contributed by atoms with Gasteiger partial charge in [0, 0.05) is 24.1 Å². The predicted octanol–water partition coefficient (Wildman–Crippen LogP) is 5.73. The average molecular weight is 527 g/mol. The molecular weight excluding hydrogens is 485 g/mol. The molecule has 1 saturated heterocycles. The fraction of sp³-hybridized carbons (Fsp3) is 0.630. The second kappa shape index (κ2) is 14.8. The van der Waals surface area contributed by atoms with Gasteiger partial charge >= 0.3 is 0 Å². The Bertz CT molecular complexity index is 878. The molecule has 0 bridgehead atoms. The summed E-state index contributed by atoms with van der Waals surface area (Å²) < 4.78 is 12.2. The highest BCUT2D eigenvalue weighted by atomic mass is 35.5. The number of aliphatic hydroxyl groups excluding tert-OH is 1. The number of β-amino-alcohol motifs (C(OH)–C–C–N with tert-alkyl or cyclic N) is 1. The molecule has 2 aliphatic rings. The maximum Gasteiger partial charge on any atom is 0.234 e. The molecule has 0 spiro atoms. The fourth-order valence-electron chi connectivity index (χ4n) is 4.86. The number of benzene rings is 1. The van der Waals surface area contributed by atoms with Crippen molar-refractivity contribution in [3.63, 3.8) is 0 Å². The Hall–Kier alpha value is -1.60. The molecule has 1 saturated carbocycles. The number of likely N-dealkylation sites (N-methyl/N-ethyl adjacent to an activating group) is 1. The molecule has 1 N–H and O–H groups in total. The van der Waals surface area contributed by atoms with E-state index < -0.39 is 0 Å². The molecule has 0 amide bonds. The van der Waals surface area contributed by atoms with Crippen molar-refractivity contribution in [2.75, 3.05) is 26.7 Å². The molecule has 2 heterocycles. The molecule has 1 aromatic heterocycles.